The summed E-state index contributed by atoms with van der Waals surface area (Å²) in [5.41, 5.74) is 3.26. The number of ketones is 1. The predicted octanol–water partition coefficient (Wildman–Crippen LogP) is 5.00. The number of aryl methyl sites for hydroxylation is 1. The molecule has 0 saturated heterocycles. The highest BCUT2D eigenvalue weighted by molar-refractivity contribution is 7.91. The van der Waals surface area contributed by atoms with Gasteiger partial charge in [0.15, 0.2) is 10.9 Å². The Bertz CT molecular complexity index is 1520. The zero-order valence-corrected chi connectivity index (χ0v) is 19.2. The van der Waals surface area contributed by atoms with Crippen LogP contribution in [0.2, 0.25) is 0 Å². The van der Waals surface area contributed by atoms with Crippen LogP contribution in [0.15, 0.2) is 81.9 Å². The number of carbonyl (C=O) groups is 2. The van der Waals surface area contributed by atoms with Gasteiger partial charge in [0.1, 0.15) is 0 Å². The Morgan fingerprint density at radius 2 is 1.70 bits per heavy atom. The quantitative estimate of drug-likeness (QED) is 0.396. The first-order valence-electron chi connectivity index (χ1n) is 10.3. The number of benzene rings is 3. The maximum atomic E-state index is 13.1. The minimum absolute atomic E-state index is 0.0429. The van der Waals surface area contributed by atoms with Gasteiger partial charge in [0, 0.05) is 27.6 Å². The number of rotatable bonds is 4. The molecule has 0 saturated carbocycles. The number of nitrogens with one attached hydrogen (secondary N) is 1. The molecule has 0 atom stereocenters. The Kier molecular flexibility index (Phi) is 5.19. The fourth-order valence-electron chi connectivity index (χ4n) is 3.77. The van der Waals surface area contributed by atoms with Gasteiger partial charge in [-0.3, -0.25) is 14.9 Å². The van der Waals surface area contributed by atoms with E-state index in [0.717, 1.165) is 17.7 Å². The van der Waals surface area contributed by atoms with E-state index < -0.39 is 15.7 Å². The van der Waals surface area contributed by atoms with E-state index in [1.165, 1.54) is 47.2 Å². The third kappa shape index (κ3) is 3.67. The van der Waals surface area contributed by atoms with E-state index in [0.29, 0.717) is 5.13 Å². The molecule has 4 aromatic rings. The molecular weight excluding hydrogens is 456 g/mol. The van der Waals surface area contributed by atoms with Gasteiger partial charge in [-0.1, -0.05) is 43.3 Å². The van der Waals surface area contributed by atoms with E-state index in [2.05, 4.69) is 17.2 Å². The van der Waals surface area contributed by atoms with Crippen LogP contribution in [0.25, 0.3) is 11.3 Å². The van der Waals surface area contributed by atoms with E-state index in [1.54, 1.807) is 12.1 Å². The topological polar surface area (TPSA) is 93.2 Å². The molecule has 6 nitrogen and oxygen atoms in total. The zero-order chi connectivity index (χ0) is 23.2. The lowest BCUT2D eigenvalue weighted by Gasteiger charge is -2.19. The average Bonchev–Trinajstić information content (AvgIpc) is 3.31. The second kappa shape index (κ2) is 8.06. The van der Waals surface area contributed by atoms with Crippen LogP contribution in [0.3, 0.4) is 0 Å². The number of nitrogens with zero attached hydrogens (tertiary/aromatic N) is 1. The van der Waals surface area contributed by atoms with E-state index in [9.17, 15) is 18.0 Å². The maximum absolute atomic E-state index is 13.1. The molecule has 8 heteroatoms. The number of amides is 1. The van der Waals surface area contributed by atoms with Gasteiger partial charge >= 0.3 is 0 Å². The predicted molar refractivity (Wildman–Crippen MR) is 127 cm³/mol. The smallest absolute Gasteiger partial charge is 0.257 e. The van der Waals surface area contributed by atoms with Crippen molar-refractivity contribution in [1.29, 1.82) is 0 Å². The Morgan fingerprint density at radius 3 is 2.45 bits per heavy atom. The minimum atomic E-state index is -3.91. The Morgan fingerprint density at radius 1 is 0.970 bits per heavy atom. The summed E-state index contributed by atoms with van der Waals surface area (Å²) in [6.07, 6.45) is 0.951. The van der Waals surface area contributed by atoms with E-state index >= 15 is 0 Å². The summed E-state index contributed by atoms with van der Waals surface area (Å²) in [6.45, 7) is 2.09. The molecule has 1 aliphatic rings. The fraction of sp³-hybridized carbons (Fsp3) is 0.0800. The fourth-order valence-corrected chi connectivity index (χ4v) is 6.16. The second-order valence-electron chi connectivity index (χ2n) is 7.58. The van der Waals surface area contributed by atoms with Gasteiger partial charge in [0.05, 0.1) is 15.5 Å². The van der Waals surface area contributed by atoms with Crippen molar-refractivity contribution in [2.24, 2.45) is 0 Å². The highest BCUT2D eigenvalue weighted by Crippen LogP contribution is 2.35. The number of aromatic nitrogens is 1. The molecular formula is C25H18N2O4S2. The van der Waals surface area contributed by atoms with Crippen molar-refractivity contribution in [1.82, 2.24) is 4.98 Å². The molecule has 3 aromatic carbocycles. The first-order valence-corrected chi connectivity index (χ1v) is 12.6. The molecule has 0 bridgehead atoms. The lowest BCUT2D eigenvalue weighted by atomic mass is 10.0. The van der Waals surface area contributed by atoms with Crippen LogP contribution in [0.1, 0.15) is 38.8 Å². The number of anilines is 1. The van der Waals surface area contributed by atoms with E-state index in [1.807, 2.05) is 29.6 Å². The molecule has 0 radical (unpaired) electrons. The molecule has 0 spiro atoms. The van der Waals surface area contributed by atoms with Gasteiger partial charge in [-0.2, -0.15) is 0 Å². The van der Waals surface area contributed by atoms with Crippen LogP contribution in [-0.2, 0) is 16.3 Å². The highest BCUT2D eigenvalue weighted by atomic mass is 32.2. The van der Waals surface area contributed by atoms with Gasteiger partial charge in [-0.15, -0.1) is 11.3 Å². The standard InChI is InChI=1S/C25H18N2O4S2/c1-2-15-7-9-16(10-8-15)20-14-32-25(26-20)27-24(29)17-11-12-19-22(13-17)33(30,31)21-6-4-3-5-18(21)23(19)28/h3-14H,2H2,1H3,(H,26,27,29). The van der Waals surface area contributed by atoms with Crippen molar-refractivity contribution < 1.29 is 18.0 Å². The molecule has 164 valence electrons. The van der Waals surface area contributed by atoms with E-state index in [-0.39, 0.29) is 32.3 Å². The number of fused-ring (bicyclic) bond motifs is 2. The Balaban J connectivity index is 1.42. The highest BCUT2D eigenvalue weighted by Gasteiger charge is 2.35. The van der Waals surface area contributed by atoms with Crippen LogP contribution in [-0.4, -0.2) is 25.1 Å². The molecule has 1 aliphatic heterocycles. The second-order valence-corrected chi connectivity index (χ2v) is 10.3. The molecule has 0 aliphatic carbocycles. The van der Waals surface area contributed by atoms with Crippen molar-refractivity contribution in [3.63, 3.8) is 0 Å². The monoisotopic (exact) mass is 474 g/mol. The molecule has 33 heavy (non-hydrogen) atoms. The van der Waals surface area contributed by atoms with Crippen molar-refractivity contribution in [3.8, 4) is 11.3 Å². The van der Waals surface area contributed by atoms with Gasteiger partial charge in [0.2, 0.25) is 9.84 Å². The average molecular weight is 475 g/mol. The summed E-state index contributed by atoms with van der Waals surface area (Å²) in [5.74, 6) is -0.873. The molecule has 1 aromatic heterocycles. The van der Waals surface area contributed by atoms with Crippen LogP contribution in [0.4, 0.5) is 5.13 Å². The summed E-state index contributed by atoms with van der Waals surface area (Å²) in [5, 5.41) is 4.97. The normalized spacial score (nSPS) is 13.8. The number of carbonyl (C=O) groups excluding carboxylic acids is 2. The van der Waals surface area contributed by atoms with Crippen LogP contribution >= 0.6 is 11.3 Å². The van der Waals surface area contributed by atoms with Crippen LogP contribution in [0.5, 0.6) is 0 Å². The van der Waals surface area contributed by atoms with Gasteiger partial charge in [-0.25, -0.2) is 13.4 Å². The molecule has 1 amide bonds. The van der Waals surface area contributed by atoms with Crippen molar-refractivity contribution in [2.75, 3.05) is 5.32 Å². The van der Waals surface area contributed by atoms with E-state index in [4.69, 9.17) is 0 Å². The van der Waals surface area contributed by atoms with Crippen LogP contribution in [0, 0.1) is 0 Å². The molecule has 0 unspecified atom stereocenters. The third-order valence-corrected chi connectivity index (χ3v) is 8.19. The summed E-state index contributed by atoms with van der Waals surface area (Å²) >= 11 is 1.28. The first kappa shape index (κ1) is 21.2. The zero-order valence-electron chi connectivity index (χ0n) is 17.5. The lowest BCUT2D eigenvalue weighted by molar-refractivity contribution is 0.101. The third-order valence-electron chi connectivity index (χ3n) is 5.58. The van der Waals surface area contributed by atoms with Crippen LogP contribution < -0.4 is 5.32 Å². The largest absolute Gasteiger partial charge is 0.298 e. The number of hydrogen-bond donors (Lipinski definition) is 1. The number of hydrogen-bond acceptors (Lipinski definition) is 6. The molecule has 0 fully saturated rings. The molecule has 1 N–H and O–H groups in total. The maximum Gasteiger partial charge on any atom is 0.257 e. The Labute approximate surface area is 194 Å². The molecule has 2 heterocycles. The summed E-state index contributed by atoms with van der Waals surface area (Å²) in [7, 11) is -3.91. The summed E-state index contributed by atoms with van der Waals surface area (Å²) in [6, 6.07) is 18.3. The Hall–Kier alpha value is -3.62. The number of sulfone groups is 1. The summed E-state index contributed by atoms with van der Waals surface area (Å²) < 4.78 is 26.2. The van der Waals surface area contributed by atoms with Gasteiger partial charge in [-0.05, 0) is 42.3 Å². The lowest BCUT2D eigenvalue weighted by Crippen LogP contribution is -2.21. The van der Waals surface area contributed by atoms with Gasteiger partial charge in [0.25, 0.3) is 5.91 Å². The minimum Gasteiger partial charge on any atom is -0.298 e. The van der Waals surface area contributed by atoms with Gasteiger partial charge < -0.3 is 0 Å². The SMILES string of the molecule is CCc1ccc(-c2csc(NC(=O)c3ccc4c(c3)S(=O)(=O)c3ccccc3C4=O)n2)cc1. The van der Waals surface area contributed by atoms with Crippen molar-refractivity contribution in [2.45, 2.75) is 23.1 Å². The molecule has 5 rings (SSSR count). The summed E-state index contributed by atoms with van der Waals surface area (Å²) in [4.78, 5) is 29.9. The number of thiazole rings is 1. The first-order chi connectivity index (χ1) is 15.9. The van der Waals surface area contributed by atoms with Crippen molar-refractivity contribution >= 4 is 38.0 Å². The van der Waals surface area contributed by atoms with Crippen molar-refractivity contribution in [3.05, 3.63) is 94.4 Å².